The zero-order valence-electron chi connectivity index (χ0n) is 13.3. The van der Waals surface area contributed by atoms with Crippen molar-refractivity contribution in [1.29, 1.82) is 0 Å². The summed E-state index contributed by atoms with van der Waals surface area (Å²) in [5, 5.41) is 0.399. The van der Waals surface area contributed by atoms with E-state index in [0.717, 1.165) is 17.7 Å². The molecule has 0 N–H and O–H groups in total. The van der Waals surface area contributed by atoms with Crippen LogP contribution < -0.4 is 4.74 Å². The Morgan fingerprint density at radius 3 is 2.58 bits per heavy atom. The van der Waals surface area contributed by atoms with Crippen LogP contribution in [0.1, 0.15) is 12.5 Å². The maximum absolute atomic E-state index is 12.1. The number of halogens is 3. The molecule has 0 aliphatic carbocycles. The van der Waals surface area contributed by atoms with Gasteiger partial charge in [-0.1, -0.05) is 24.3 Å². The molecule has 130 valence electrons. The van der Waals surface area contributed by atoms with Crippen LogP contribution in [0, 0.1) is 0 Å². The number of benzene rings is 1. The van der Waals surface area contributed by atoms with E-state index in [2.05, 4.69) is 9.73 Å². The molecule has 0 fully saturated rings. The molecular formula is C17H18F3NO2S. The summed E-state index contributed by atoms with van der Waals surface area (Å²) in [5.74, 6) is 0.372. The van der Waals surface area contributed by atoms with Gasteiger partial charge in [-0.15, -0.1) is 13.2 Å². The first-order chi connectivity index (χ1) is 11.4. The average Bonchev–Trinajstić information content (AvgIpc) is 2.53. The zero-order valence-corrected chi connectivity index (χ0v) is 14.2. The molecule has 0 radical (unpaired) electrons. The number of aliphatic imine (C=N–C) groups is 1. The van der Waals surface area contributed by atoms with Gasteiger partial charge in [-0.25, -0.2) is 0 Å². The van der Waals surface area contributed by atoms with Crippen molar-refractivity contribution >= 4 is 23.7 Å². The Labute approximate surface area is 143 Å². The number of alkyl halides is 3. The second-order valence-corrected chi connectivity index (χ2v) is 6.32. The summed E-state index contributed by atoms with van der Waals surface area (Å²) >= 11 is 1.73. The van der Waals surface area contributed by atoms with Gasteiger partial charge in [0.15, 0.2) is 0 Å². The van der Waals surface area contributed by atoms with E-state index >= 15 is 0 Å². The molecule has 0 aromatic heterocycles. The molecule has 7 heteroatoms. The first-order valence-electron chi connectivity index (χ1n) is 7.28. The number of rotatable bonds is 5. The van der Waals surface area contributed by atoms with Crippen molar-refractivity contribution < 1.29 is 22.6 Å². The minimum absolute atomic E-state index is 0.236. The van der Waals surface area contributed by atoms with E-state index in [9.17, 15) is 13.2 Å². The molecule has 3 nitrogen and oxygen atoms in total. The Bertz CT molecular complexity index is 636. The van der Waals surface area contributed by atoms with Gasteiger partial charge in [0.05, 0.1) is 11.8 Å². The fourth-order valence-corrected chi connectivity index (χ4v) is 2.38. The highest BCUT2D eigenvalue weighted by molar-refractivity contribution is 7.99. The Hall–Kier alpha value is -1.89. The normalized spacial score (nSPS) is 19.1. The van der Waals surface area contributed by atoms with Gasteiger partial charge in [0.1, 0.15) is 12.4 Å². The van der Waals surface area contributed by atoms with E-state index in [-0.39, 0.29) is 5.75 Å². The Balaban J connectivity index is 1.95. The predicted molar refractivity (Wildman–Crippen MR) is 91.5 cm³/mol. The van der Waals surface area contributed by atoms with Crippen molar-refractivity contribution in [3.63, 3.8) is 0 Å². The summed E-state index contributed by atoms with van der Waals surface area (Å²) in [6, 6.07) is 5.68. The molecule has 1 aliphatic rings. The largest absolute Gasteiger partial charge is 0.573 e. The molecule has 0 spiro atoms. The van der Waals surface area contributed by atoms with Crippen molar-refractivity contribution in [1.82, 2.24) is 0 Å². The summed E-state index contributed by atoms with van der Waals surface area (Å²) in [4.78, 5) is 4.36. The maximum atomic E-state index is 12.1. The van der Waals surface area contributed by atoms with E-state index in [1.165, 1.54) is 12.1 Å². The van der Waals surface area contributed by atoms with Crippen LogP contribution in [0.3, 0.4) is 0 Å². The smallest absolute Gasteiger partial charge is 0.477 e. The number of nitrogens with zero attached hydrogens (tertiary/aromatic N) is 1. The Morgan fingerprint density at radius 2 is 2.04 bits per heavy atom. The van der Waals surface area contributed by atoms with Crippen LogP contribution in [-0.4, -0.2) is 36.9 Å². The van der Waals surface area contributed by atoms with Gasteiger partial charge in [-0.05, 0) is 36.4 Å². The summed E-state index contributed by atoms with van der Waals surface area (Å²) in [6.07, 6.45) is 2.85. The molecule has 1 atom stereocenters. The van der Waals surface area contributed by atoms with Gasteiger partial charge in [0, 0.05) is 6.08 Å². The van der Waals surface area contributed by atoms with Crippen molar-refractivity contribution in [3.05, 3.63) is 47.6 Å². The monoisotopic (exact) mass is 357 g/mol. The van der Waals surface area contributed by atoms with Crippen LogP contribution in [0.5, 0.6) is 5.75 Å². The fraction of sp³-hybridized carbons (Fsp3) is 0.353. The maximum Gasteiger partial charge on any atom is 0.573 e. The summed E-state index contributed by atoms with van der Waals surface area (Å²) < 4.78 is 45.7. The summed E-state index contributed by atoms with van der Waals surface area (Å²) in [6.45, 7) is 3.29. The number of thioether (sulfide) groups is 1. The van der Waals surface area contributed by atoms with Crippen LogP contribution in [-0.2, 0) is 4.74 Å². The van der Waals surface area contributed by atoms with Crippen LogP contribution in [0.4, 0.5) is 13.2 Å². The second kappa shape index (κ2) is 8.28. The molecule has 0 saturated carbocycles. The van der Waals surface area contributed by atoms with Crippen LogP contribution in [0.2, 0.25) is 0 Å². The molecular weight excluding hydrogens is 339 g/mol. The van der Waals surface area contributed by atoms with Gasteiger partial charge in [-0.3, -0.25) is 4.99 Å². The molecule has 0 bridgehead atoms. The highest BCUT2D eigenvalue weighted by Crippen LogP contribution is 2.23. The summed E-state index contributed by atoms with van der Waals surface area (Å²) in [7, 11) is 0. The van der Waals surface area contributed by atoms with E-state index < -0.39 is 6.36 Å². The number of ether oxygens (including phenoxy) is 2. The lowest BCUT2D eigenvalue weighted by molar-refractivity contribution is -0.274. The van der Waals surface area contributed by atoms with Crippen LogP contribution >= 0.6 is 11.8 Å². The van der Waals surface area contributed by atoms with Gasteiger partial charge < -0.3 is 9.47 Å². The van der Waals surface area contributed by atoms with Crippen LogP contribution in [0.25, 0.3) is 6.08 Å². The van der Waals surface area contributed by atoms with Crippen molar-refractivity contribution in [3.8, 4) is 5.75 Å². The van der Waals surface area contributed by atoms with Crippen LogP contribution in [0.15, 0.2) is 47.0 Å². The van der Waals surface area contributed by atoms with Gasteiger partial charge in [0.25, 0.3) is 0 Å². The standard InChI is InChI=1S/C17H18F3NO2S/c1-12(9-16-21-10-15(24-2)11-22-16)3-4-13-5-7-14(8-6-13)23-17(18,19)20/h3-9,15H,10-11H2,1-2H3/b4-3+,12-9+. The minimum atomic E-state index is -4.67. The average molecular weight is 357 g/mol. The first-order valence-corrected chi connectivity index (χ1v) is 8.57. The third-order valence-electron chi connectivity index (χ3n) is 3.20. The second-order valence-electron chi connectivity index (χ2n) is 5.19. The predicted octanol–water partition coefficient (Wildman–Crippen LogP) is 4.71. The molecule has 24 heavy (non-hydrogen) atoms. The van der Waals surface area contributed by atoms with E-state index in [4.69, 9.17) is 4.74 Å². The molecule has 1 heterocycles. The van der Waals surface area contributed by atoms with E-state index in [1.807, 2.05) is 25.3 Å². The quantitative estimate of drug-likeness (QED) is 0.716. The highest BCUT2D eigenvalue weighted by atomic mass is 32.2. The third kappa shape index (κ3) is 6.31. The third-order valence-corrected chi connectivity index (χ3v) is 4.16. The highest BCUT2D eigenvalue weighted by Gasteiger charge is 2.30. The summed E-state index contributed by atoms with van der Waals surface area (Å²) in [5.41, 5.74) is 1.71. The topological polar surface area (TPSA) is 30.8 Å². The Morgan fingerprint density at radius 1 is 1.33 bits per heavy atom. The van der Waals surface area contributed by atoms with Gasteiger partial charge in [-0.2, -0.15) is 11.8 Å². The molecule has 2 rings (SSSR count). The van der Waals surface area contributed by atoms with Gasteiger partial charge >= 0.3 is 6.36 Å². The number of allylic oxidation sites excluding steroid dienone is 2. The molecule has 1 aromatic rings. The molecule has 1 aromatic carbocycles. The lowest BCUT2D eigenvalue weighted by Crippen LogP contribution is -2.24. The van der Waals surface area contributed by atoms with E-state index in [1.54, 1.807) is 30.0 Å². The SMILES string of the molecule is CSC1CN=C(/C=C(C)/C=C/c2ccc(OC(F)(F)F)cc2)OC1. The molecule has 1 unspecified atom stereocenters. The van der Waals surface area contributed by atoms with Crippen molar-refractivity contribution in [2.24, 2.45) is 4.99 Å². The fourth-order valence-electron chi connectivity index (χ4n) is 1.95. The number of hydrogen-bond donors (Lipinski definition) is 0. The first kappa shape index (κ1) is 18.4. The van der Waals surface area contributed by atoms with Gasteiger partial charge in [0.2, 0.25) is 5.90 Å². The van der Waals surface area contributed by atoms with Crippen molar-refractivity contribution in [2.75, 3.05) is 19.4 Å². The van der Waals surface area contributed by atoms with Crippen molar-refractivity contribution in [2.45, 2.75) is 18.5 Å². The lowest BCUT2D eigenvalue weighted by Gasteiger charge is -2.18. The molecule has 1 aliphatic heterocycles. The zero-order chi connectivity index (χ0) is 17.6. The number of hydrogen-bond acceptors (Lipinski definition) is 4. The lowest BCUT2D eigenvalue weighted by atomic mass is 10.1. The Kier molecular flexibility index (Phi) is 6.36. The van der Waals surface area contributed by atoms with E-state index in [0.29, 0.717) is 17.8 Å². The minimum Gasteiger partial charge on any atom is -0.477 e. The molecule has 0 amide bonds. The molecule has 0 saturated heterocycles.